The summed E-state index contributed by atoms with van der Waals surface area (Å²) >= 11 is 0. The molecule has 32 heavy (non-hydrogen) atoms. The van der Waals surface area contributed by atoms with Crippen molar-refractivity contribution in [3.05, 3.63) is 96.1 Å². The Labute approximate surface area is 189 Å². The van der Waals surface area contributed by atoms with Crippen molar-refractivity contribution in [2.45, 2.75) is 39.5 Å². The van der Waals surface area contributed by atoms with E-state index in [1.165, 1.54) is 65.3 Å². The lowest BCUT2D eigenvalue weighted by Crippen LogP contribution is -2.05. The summed E-state index contributed by atoms with van der Waals surface area (Å²) in [5, 5.41) is 11.1. The van der Waals surface area contributed by atoms with E-state index in [0.717, 1.165) is 0 Å². The number of benzene rings is 6. The molecule has 0 nitrogen and oxygen atoms in total. The molecule has 0 aliphatic carbocycles. The molecule has 0 saturated carbocycles. The fourth-order valence-corrected chi connectivity index (χ4v) is 5.98. The zero-order chi connectivity index (χ0) is 22.0. The maximum Gasteiger partial charge on any atom is -0.00110 e. The molecule has 0 atom stereocenters. The Morgan fingerprint density at radius 2 is 1.00 bits per heavy atom. The highest BCUT2D eigenvalue weighted by atomic mass is 14.3. The van der Waals surface area contributed by atoms with Gasteiger partial charge in [-0.3, -0.25) is 0 Å². The van der Waals surface area contributed by atoms with E-state index in [1.54, 1.807) is 0 Å². The SMILES string of the molecule is CC(C)c1c(C(C)C)c2cccc3c4cccc5cccc(c(c1-c1ccccc1)c23)c54. The van der Waals surface area contributed by atoms with Crippen LogP contribution in [0, 0.1) is 0 Å². The van der Waals surface area contributed by atoms with Crippen LogP contribution in [0.2, 0.25) is 0 Å². The highest BCUT2D eigenvalue weighted by molar-refractivity contribution is 6.36. The van der Waals surface area contributed by atoms with Gasteiger partial charge in [0.2, 0.25) is 0 Å². The maximum absolute atomic E-state index is 2.35. The third-order valence-corrected chi connectivity index (χ3v) is 7.10. The molecule has 0 fully saturated rings. The maximum atomic E-state index is 2.35. The van der Waals surface area contributed by atoms with Crippen LogP contribution in [0.15, 0.2) is 84.9 Å². The molecule has 0 N–H and O–H groups in total. The third-order valence-electron chi connectivity index (χ3n) is 7.10. The zero-order valence-corrected chi connectivity index (χ0v) is 19.2. The molecular formula is C32H28. The smallest absolute Gasteiger partial charge is 0.00110 e. The van der Waals surface area contributed by atoms with Crippen LogP contribution < -0.4 is 0 Å². The second-order valence-electron chi connectivity index (χ2n) is 9.69. The first-order valence-electron chi connectivity index (χ1n) is 11.8. The first-order chi connectivity index (χ1) is 15.6. The van der Waals surface area contributed by atoms with Crippen molar-refractivity contribution in [1.82, 2.24) is 0 Å². The second-order valence-corrected chi connectivity index (χ2v) is 9.69. The first kappa shape index (κ1) is 19.3. The molecule has 6 aromatic carbocycles. The van der Waals surface area contributed by atoms with Gasteiger partial charge in [0.25, 0.3) is 0 Å². The van der Waals surface area contributed by atoms with Gasteiger partial charge in [0.05, 0.1) is 0 Å². The lowest BCUT2D eigenvalue weighted by Gasteiger charge is -2.27. The van der Waals surface area contributed by atoms with Gasteiger partial charge in [-0.1, -0.05) is 113 Å². The van der Waals surface area contributed by atoms with Gasteiger partial charge < -0.3 is 0 Å². The van der Waals surface area contributed by atoms with E-state index < -0.39 is 0 Å². The number of fused-ring (bicyclic) bond motifs is 2. The topological polar surface area (TPSA) is 0 Å². The van der Waals surface area contributed by atoms with Gasteiger partial charge in [-0.25, -0.2) is 0 Å². The summed E-state index contributed by atoms with van der Waals surface area (Å²) in [7, 11) is 0. The Morgan fingerprint density at radius 1 is 0.438 bits per heavy atom. The molecule has 0 spiro atoms. The first-order valence-corrected chi connectivity index (χ1v) is 11.8. The molecule has 6 rings (SSSR count). The second kappa shape index (κ2) is 7.07. The summed E-state index contributed by atoms with van der Waals surface area (Å²) < 4.78 is 0. The average Bonchev–Trinajstić information content (AvgIpc) is 2.81. The van der Waals surface area contributed by atoms with Gasteiger partial charge in [0.15, 0.2) is 0 Å². The zero-order valence-electron chi connectivity index (χ0n) is 19.2. The molecule has 0 aromatic heterocycles. The van der Waals surface area contributed by atoms with Gasteiger partial charge >= 0.3 is 0 Å². The summed E-state index contributed by atoms with van der Waals surface area (Å²) in [4.78, 5) is 0. The lowest BCUT2D eigenvalue weighted by atomic mass is 9.76. The Bertz CT molecular complexity index is 1600. The van der Waals surface area contributed by atoms with E-state index in [2.05, 4.69) is 113 Å². The standard InChI is InChI=1S/C32H28/c1-19(2)27-25-18-10-16-24-23-15-8-13-21-14-9-17-26(29(21)23)32(31(24)25)30(28(27)20(3)4)22-11-6-5-7-12-22/h5-20H,1-4H3. The Hall–Kier alpha value is -3.38. The molecule has 156 valence electrons. The van der Waals surface area contributed by atoms with Crippen molar-refractivity contribution in [2.24, 2.45) is 0 Å². The molecule has 0 heterocycles. The predicted molar refractivity (Wildman–Crippen MR) is 141 cm³/mol. The Kier molecular flexibility index (Phi) is 4.27. The van der Waals surface area contributed by atoms with Gasteiger partial charge in [0, 0.05) is 0 Å². The molecule has 0 radical (unpaired) electrons. The molecule has 0 unspecified atom stereocenters. The minimum atomic E-state index is 0.434. The van der Waals surface area contributed by atoms with Crippen LogP contribution in [0.5, 0.6) is 0 Å². The van der Waals surface area contributed by atoms with Crippen LogP contribution in [-0.2, 0) is 0 Å². The largest absolute Gasteiger partial charge is 0.0622 e. The molecule has 0 amide bonds. The van der Waals surface area contributed by atoms with E-state index in [4.69, 9.17) is 0 Å². The van der Waals surface area contributed by atoms with Crippen LogP contribution in [0.4, 0.5) is 0 Å². The van der Waals surface area contributed by atoms with Crippen molar-refractivity contribution in [1.29, 1.82) is 0 Å². The van der Waals surface area contributed by atoms with E-state index in [0.29, 0.717) is 11.8 Å². The van der Waals surface area contributed by atoms with Crippen molar-refractivity contribution in [2.75, 3.05) is 0 Å². The molecule has 0 heteroatoms. The van der Waals surface area contributed by atoms with Crippen molar-refractivity contribution < 1.29 is 0 Å². The van der Waals surface area contributed by atoms with Crippen molar-refractivity contribution in [3.8, 4) is 11.1 Å². The normalized spacial score (nSPS) is 12.3. The minimum absolute atomic E-state index is 0.434. The number of hydrogen-bond acceptors (Lipinski definition) is 0. The van der Waals surface area contributed by atoms with Crippen LogP contribution in [0.25, 0.3) is 54.2 Å². The fourth-order valence-electron chi connectivity index (χ4n) is 5.98. The summed E-state index contributed by atoms with van der Waals surface area (Å²) in [5.74, 6) is 0.885. The molecule has 0 bridgehead atoms. The lowest BCUT2D eigenvalue weighted by molar-refractivity contribution is 0.801. The van der Waals surface area contributed by atoms with Gasteiger partial charge in [0.1, 0.15) is 0 Å². The Balaban J connectivity index is 2.04. The summed E-state index contributed by atoms with van der Waals surface area (Å²) in [6.45, 7) is 9.41. The Morgan fingerprint density at radius 3 is 1.66 bits per heavy atom. The van der Waals surface area contributed by atoms with Gasteiger partial charge in [-0.15, -0.1) is 0 Å². The minimum Gasteiger partial charge on any atom is -0.0622 e. The van der Waals surface area contributed by atoms with Crippen LogP contribution >= 0.6 is 0 Å². The summed E-state index contributed by atoms with van der Waals surface area (Å²) in [6.07, 6.45) is 0. The van der Waals surface area contributed by atoms with Gasteiger partial charge in [-0.05, 0) is 77.2 Å². The van der Waals surface area contributed by atoms with Crippen molar-refractivity contribution in [3.63, 3.8) is 0 Å². The van der Waals surface area contributed by atoms with Crippen LogP contribution in [0.1, 0.15) is 50.7 Å². The van der Waals surface area contributed by atoms with Gasteiger partial charge in [-0.2, -0.15) is 0 Å². The molecule has 0 saturated heterocycles. The highest BCUT2D eigenvalue weighted by Crippen LogP contribution is 2.50. The quantitative estimate of drug-likeness (QED) is 0.200. The molecule has 0 aliphatic heterocycles. The van der Waals surface area contributed by atoms with E-state index in [1.807, 2.05) is 0 Å². The van der Waals surface area contributed by atoms with Crippen molar-refractivity contribution >= 4 is 43.1 Å². The molecule has 6 aromatic rings. The summed E-state index contributed by atoms with van der Waals surface area (Å²) in [6, 6.07) is 31.6. The summed E-state index contributed by atoms with van der Waals surface area (Å²) in [5.41, 5.74) is 5.75. The molecule has 0 aliphatic rings. The monoisotopic (exact) mass is 412 g/mol. The van der Waals surface area contributed by atoms with E-state index >= 15 is 0 Å². The highest BCUT2D eigenvalue weighted by Gasteiger charge is 2.25. The number of rotatable bonds is 3. The third kappa shape index (κ3) is 2.56. The van der Waals surface area contributed by atoms with Crippen LogP contribution in [0.3, 0.4) is 0 Å². The fraction of sp³-hybridized carbons (Fsp3) is 0.188. The van der Waals surface area contributed by atoms with E-state index in [9.17, 15) is 0 Å². The van der Waals surface area contributed by atoms with E-state index in [-0.39, 0.29) is 0 Å². The van der Waals surface area contributed by atoms with Crippen LogP contribution in [-0.4, -0.2) is 0 Å². The average molecular weight is 413 g/mol. The predicted octanol–water partition coefficient (Wildman–Crippen LogP) is 9.65. The number of hydrogen-bond donors (Lipinski definition) is 0. The molecular weight excluding hydrogens is 384 g/mol.